The zero-order valence-electron chi connectivity index (χ0n) is 11.4. The molecule has 1 heterocycles. The molecule has 2 saturated carbocycles. The Morgan fingerprint density at radius 1 is 1.37 bits per heavy atom. The molecule has 0 aromatic rings. The van der Waals surface area contributed by atoms with Crippen LogP contribution in [0.1, 0.15) is 39.5 Å². The molecule has 0 aromatic heterocycles. The maximum absolute atomic E-state index is 12.4. The van der Waals surface area contributed by atoms with E-state index in [1.165, 1.54) is 0 Å². The van der Waals surface area contributed by atoms with Gasteiger partial charge in [-0.05, 0) is 32.1 Å². The number of carbonyl (C=O) groups is 2. The summed E-state index contributed by atoms with van der Waals surface area (Å²) in [5.41, 5.74) is -1.58. The lowest BCUT2D eigenvalue weighted by atomic mass is 9.65. The first-order chi connectivity index (χ1) is 8.82. The second kappa shape index (κ2) is 3.69. The highest BCUT2D eigenvalue weighted by molar-refractivity contribution is 5.94. The number of Topliss-reactive ketones (excluding diaryl/α,β-unsaturated/α-hetero) is 1. The number of carbonyl (C=O) groups excluding carboxylic acids is 2. The lowest BCUT2D eigenvalue weighted by Crippen LogP contribution is -2.56. The second-order valence-electron chi connectivity index (χ2n) is 6.49. The molecular weight excluding hydrogens is 244 g/mol. The van der Waals surface area contributed by atoms with Crippen LogP contribution < -0.4 is 0 Å². The van der Waals surface area contributed by atoms with Crippen LogP contribution in [0.4, 0.5) is 0 Å². The topological polar surface area (TPSA) is 63.6 Å². The van der Waals surface area contributed by atoms with Gasteiger partial charge >= 0.3 is 5.97 Å². The number of ether oxygens (including phenoxy) is 1. The van der Waals surface area contributed by atoms with Gasteiger partial charge in [0.25, 0.3) is 0 Å². The van der Waals surface area contributed by atoms with Crippen LogP contribution in [0, 0.1) is 17.3 Å². The molecule has 0 amide bonds. The average molecular weight is 264 g/mol. The van der Waals surface area contributed by atoms with Crippen molar-refractivity contribution in [3.8, 4) is 0 Å². The summed E-state index contributed by atoms with van der Waals surface area (Å²) in [5, 5.41) is 11.1. The van der Waals surface area contributed by atoms with Gasteiger partial charge in [0.1, 0.15) is 11.9 Å². The first kappa shape index (κ1) is 12.9. The Hall–Kier alpha value is -1.16. The summed E-state index contributed by atoms with van der Waals surface area (Å²) in [6.07, 6.45) is 1.83. The average Bonchev–Trinajstić information content (AvgIpc) is 2.76. The third kappa shape index (κ3) is 1.33. The SMILES string of the molecule is C=C1C(=O)O[C@H]2[C@H]1CC[C@H](C)[C@@]1(O)CCC(=O)[C@@]21C. The number of esters is 1. The van der Waals surface area contributed by atoms with Gasteiger partial charge in [0.15, 0.2) is 0 Å². The molecule has 4 nitrogen and oxygen atoms in total. The van der Waals surface area contributed by atoms with Crippen molar-refractivity contribution in [3.05, 3.63) is 12.2 Å². The molecule has 3 rings (SSSR count). The fourth-order valence-corrected chi connectivity index (χ4v) is 4.35. The van der Waals surface area contributed by atoms with Gasteiger partial charge in [-0.15, -0.1) is 0 Å². The molecule has 104 valence electrons. The van der Waals surface area contributed by atoms with Gasteiger partial charge in [0.05, 0.1) is 11.0 Å². The van der Waals surface area contributed by atoms with Crippen molar-refractivity contribution < 1.29 is 19.4 Å². The summed E-state index contributed by atoms with van der Waals surface area (Å²) < 4.78 is 5.44. The van der Waals surface area contributed by atoms with E-state index in [0.717, 1.165) is 12.8 Å². The zero-order chi connectivity index (χ0) is 14.0. The minimum atomic E-state index is -1.06. The van der Waals surface area contributed by atoms with Crippen molar-refractivity contribution in [1.29, 1.82) is 0 Å². The summed E-state index contributed by atoms with van der Waals surface area (Å²) in [5.74, 6) is -0.494. The molecule has 4 heteroatoms. The molecule has 0 unspecified atom stereocenters. The van der Waals surface area contributed by atoms with E-state index in [1.807, 2.05) is 6.92 Å². The van der Waals surface area contributed by atoms with Gasteiger partial charge < -0.3 is 9.84 Å². The lowest BCUT2D eigenvalue weighted by Gasteiger charge is -2.43. The van der Waals surface area contributed by atoms with Crippen molar-refractivity contribution in [2.45, 2.75) is 51.2 Å². The third-order valence-electron chi connectivity index (χ3n) is 5.82. The van der Waals surface area contributed by atoms with E-state index < -0.39 is 23.1 Å². The summed E-state index contributed by atoms with van der Waals surface area (Å²) in [7, 11) is 0. The number of aliphatic hydroxyl groups is 1. The molecular formula is C15H20O4. The largest absolute Gasteiger partial charge is 0.457 e. The minimum absolute atomic E-state index is 0.0150. The second-order valence-corrected chi connectivity index (χ2v) is 6.49. The Bertz CT molecular complexity index is 483. The summed E-state index contributed by atoms with van der Waals surface area (Å²) >= 11 is 0. The lowest BCUT2D eigenvalue weighted by molar-refractivity contribution is -0.171. The first-order valence-electron chi connectivity index (χ1n) is 6.98. The van der Waals surface area contributed by atoms with Crippen molar-refractivity contribution in [1.82, 2.24) is 0 Å². The fraction of sp³-hybridized carbons (Fsp3) is 0.733. The zero-order valence-corrected chi connectivity index (χ0v) is 11.4. The Morgan fingerprint density at radius 3 is 2.74 bits per heavy atom. The first-order valence-corrected chi connectivity index (χ1v) is 6.98. The van der Waals surface area contributed by atoms with Crippen molar-refractivity contribution in [2.24, 2.45) is 17.3 Å². The van der Waals surface area contributed by atoms with E-state index in [0.29, 0.717) is 18.4 Å². The third-order valence-corrected chi connectivity index (χ3v) is 5.82. The van der Waals surface area contributed by atoms with Crippen LogP contribution in [-0.2, 0) is 14.3 Å². The van der Waals surface area contributed by atoms with Gasteiger partial charge in [-0.2, -0.15) is 0 Å². The molecule has 0 radical (unpaired) electrons. The van der Waals surface area contributed by atoms with Gasteiger partial charge in [0, 0.05) is 17.9 Å². The Balaban J connectivity index is 2.14. The Morgan fingerprint density at radius 2 is 2.05 bits per heavy atom. The van der Waals surface area contributed by atoms with Crippen LogP contribution in [0.15, 0.2) is 12.2 Å². The van der Waals surface area contributed by atoms with Gasteiger partial charge in [-0.1, -0.05) is 13.5 Å². The van der Waals surface area contributed by atoms with Gasteiger partial charge in [-0.3, -0.25) is 4.79 Å². The van der Waals surface area contributed by atoms with Gasteiger partial charge in [0.2, 0.25) is 0 Å². The van der Waals surface area contributed by atoms with E-state index in [-0.39, 0.29) is 17.6 Å². The highest BCUT2D eigenvalue weighted by Crippen LogP contribution is 2.58. The van der Waals surface area contributed by atoms with Crippen molar-refractivity contribution in [2.75, 3.05) is 0 Å². The quantitative estimate of drug-likeness (QED) is 0.533. The molecule has 0 spiro atoms. The van der Waals surface area contributed by atoms with Crippen LogP contribution in [0.25, 0.3) is 0 Å². The van der Waals surface area contributed by atoms with E-state index in [1.54, 1.807) is 6.92 Å². The highest BCUT2D eigenvalue weighted by atomic mass is 16.6. The summed E-state index contributed by atoms with van der Waals surface area (Å²) in [4.78, 5) is 24.2. The maximum Gasteiger partial charge on any atom is 0.334 e. The van der Waals surface area contributed by atoms with Gasteiger partial charge in [-0.25, -0.2) is 4.79 Å². The molecule has 3 fully saturated rings. The number of ketones is 1. The van der Waals surface area contributed by atoms with Crippen LogP contribution in [-0.4, -0.2) is 28.6 Å². The van der Waals surface area contributed by atoms with Crippen molar-refractivity contribution in [3.63, 3.8) is 0 Å². The number of hydrogen-bond donors (Lipinski definition) is 1. The predicted octanol–water partition coefficient (Wildman–Crippen LogP) is 1.61. The molecule has 0 bridgehead atoms. The molecule has 3 aliphatic rings. The molecule has 1 aliphatic heterocycles. The number of hydrogen-bond acceptors (Lipinski definition) is 4. The smallest absolute Gasteiger partial charge is 0.334 e. The fourth-order valence-electron chi connectivity index (χ4n) is 4.35. The Kier molecular flexibility index (Phi) is 2.50. The van der Waals surface area contributed by atoms with E-state index in [2.05, 4.69) is 6.58 Å². The summed E-state index contributed by atoms with van der Waals surface area (Å²) in [6, 6.07) is 0. The highest BCUT2D eigenvalue weighted by Gasteiger charge is 2.68. The van der Waals surface area contributed by atoms with E-state index in [9.17, 15) is 14.7 Å². The number of fused-ring (bicyclic) bond motifs is 3. The van der Waals surface area contributed by atoms with Crippen LogP contribution in [0.5, 0.6) is 0 Å². The molecule has 5 atom stereocenters. The monoisotopic (exact) mass is 264 g/mol. The van der Waals surface area contributed by atoms with Crippen molar-refractivity contribution >= 4 is 11.8 Å². The maximum atomic E-state index is 12.4. The van der Waals surface area contributed by atoms with Crippen LogP contribution >= 0.6 is 0 Å². The molecule has 0 aromatic carbocycles. The predicted molar refractivity (Wildman–Crippen MR) is 68.2 cm³/mol. The molecule has 19 heavy (non-hydrogen) atoms. The van der Waals surface area contributed by atoms with Crippen LogP contribution in [0.3, 0.4) is 0 Å². The summed E-state index contributed by atoms with van der Waals surface area (Å²) in [6.45, 7) is 7.57. The van der Waals surface area contributed by atoms with Crippen LogP contribution in [0.2, 0.25) is 0 Å². The number of rotatable bonds is 0. The van der Waals surface area contributed by atoms with E-state index >= 15 is 0 Å². The normalized spacial score (nSPS) is 49.6. The minimum Gasteiger partial charge on any atom is -0.457 e. The molecule has 1 saturated heterocycles. The molecule has 2 aliphatic carbocycles. The van der Waals surface area contributed by atoms with E-state index in [4.69, 9.17) is 4.74 Å². The standard InChI is InChI=1S/C15H20O4/c1-8-4-5-10-9(2)13(17)19-12(10)14(3)11(16)6-7-15(8,14)18/h8,10,12,18H,2,4-7H2,1,3H3/t8-,10-,12-,14-,15-/m0/s1. The molecule has 1 N–H and O–H groups in total. The Labute approximate surface area is 112 Å².